The Morgan fingerprint density at radius 3 is 2.38 bits per heavy atom. The van der Waals surface area contributed by atoms with Crippen molar-refractivity contribution in [1.82, 2.24) is 5.32 Å². The Morgan fingerprint density at radius 1 is 1.05 bits per heavy atom. The molecule has 0 aliphatic heterocycles. The van der Waals surface area contributed by atoms with Crippen molar-refractivity contribution in [2.24, 2.45) is 0 Å². The van der Waals surface area contributed by atoms with E-state index >= 15 is 0 Å². The number of methoxy groups -OCH3 is 1. The molecule has 2 unspecified atom stereocenters. The predicted octanol–water partition coefficient (Wildman–Crippen LogP) is 4.74. The highest BCUT2D eigenvalue weighted by Gasteiger charge is 2.12. The molecule has 3 heteroatoms. The average Bonchev–Trinajstić information content (AvgIpc) is 2.48. The summed E-state index contributed by atoms with van der Waals surface area (Å²) in [4.78, 5) is 0. The van der Waals surface area contributed by atoms with Crippen molar-refractivity contribution < 1.29 is 4.74 Å². The maximum absolute atomic E-state index is 5.42. The fraction of sp³-hybridized carbons (Fsp3) is 0.333. The Labute approximate surface area is 135 Å². The molecule has 0 fully saturated rings. The van der Waals surface area contributed by atoms with Gasteiger partial charge in [-0.2, -0.15) is 0 Å². The molecule has 0 aromatic heterocycles. The van der Waals surface area contributed by atoms with Crippen molar-refractivity contribution in [3.8, 4) is 5.75 Å². The van der Waals surface area contributed by atoms with Gasteiger partial charge < -0.3 is 10.1 Å². The van der Waals surface area contributed by atoms with Crippen LogP contribution in [0.2, 0.25) is 0 Å². The van der Waals surface area contributed by atoms with E-state index in [0.717, 1.165) is 16.6 Å². The Balaban J connectivity index is 1.97. The van der Waals surface area contributed by atoms with Gasteiger partial charge in [-0.3, -0.25) is 0 Å². The Morgan fingerprint density at radius 2 is 1.71 bits per heavy atom. The number of ether oxygens (including phenoxy) is 1. The largest absolute Gasteiger partial charge is 0.496 e. The Bertz CT molecular complexity index is 568. The molecule has 0 bridgehead atoms. The molecule has 21 heavy (non-hydrogen) atoms. The van der Waals surface area contributed by atoms with Crippen LogP contribution in [-0.2, 0) is 6.42 Å². The number of halogens is 1. The van der Waals surface area contributed by atoms with Crippen molar-refractivity contribution in [3.05, 3.63) is 64.1 Å². The van der Waals surface area contributed by atoms with E-state index in [9.17, 15) is 0 Å². The minimum Gasteiger partial charge on any atom is -0.496 e. The fourth-order valence-corrected chi connectivity index (χ4v) is 2.80. The van der Waals surface area contributed by atoms with Crippen LogP contribution in [-0.4, -0.2) is 13.2 Å². The lowest BCUT2D eigenvalue weighted by molar-refractivity contribution is 0.403. The first-order chi connectivity index (χ1) is 10.1. The summed E-state index contributed by atoms with van der Waals surface area (Å²) >= 11 is 3.47. The molecular weight excluding hydrogens is 326 g/mol. The molecule has 0 aliphatic rings. The fourth-order valence-electron chi connectivity index (χ4n) is 2.53. The lowest BCUT2D eigenvalue weighted by Crippen LogP contribution is -2.30. The van der Waals surface area contributed by atoms with Crippen LogP contribution >= 0.6 is 15.9 Å². The third-order valence-corrected chi connectivity index (χ3v) is 4.15. The zero-order chi connectivity index (χ0) is 15.2. The molecule has 1 N–H and O–H groups in total. The molecule has 0 heterocycles. The maximum atomic E-state index is 5.42. The molecule has 2 nitrogen and oxygen atoms in total. The zero-order valence-electron chi connectivity index (χ0n) is 12.8. The molecule has 2 rings (SSSR count). The highest BCUT2D eigenvalue weighted by atomic mass is 79.9. The quantitative estimate of drug-likeness (QED) is 0.814. The first-order valence-electron chi connectivity index (χ1n) is 7.23. The first-order valence-corrected chi connectivity index (χ1v) is 8.03. The average molecular weight is 348 g/mol. The number of para-hydroxylation sites is 1. The molecule has 0 saturated carbocycles. The highest BCUT2D eigenvalue weighted by Crippen LogP contribution is 2.21. The summed E-state index contributed by atoms with van der Waals surface area (Å²) in [5.74, 6) is 0.961. The van der Waals surface area contributed by atoms with Crippen molar-refractivity contribution in [2.45, 2.75) is 32.4 Å². The van der Waals surface area contributed by atoms with Gasteiger partial charge in [0.2, 0.25) is 0 Å². The molecular formula is C18H22BrNO. The summed E-state index contributed by atoms with van der Waals surface area (Å²) < 4.78 is 6.53. The molecule has 2 atom stereocenters. The van der Waals surface area contributed by atoms with E-state index in [2.05, 4.69) is 71.5 Å². The SMILES string of the molecule is COc1ccccc1CC(C)NC(C)c1ccc(Br)cc1. The minimum atomic E-state index is 0.322. The van der Waals surface area contributed by atoms with E-state index in [0.29, 0.717) is 12.1 Å². The van der Waals surface area contributed by atoms with Crippen molar-refractivity contribution in [3.63, 3.8) is 0 Å². The van der Waals surface area contributed by atoms with E-state index in [4.69, 9.17) is 4.74 Å². The van der Waals surface area contributed by atoms with Crippen molar-refractivity contribution in [2.75, 3.05) is 7.11 Å². The maximum Gasteiger partial charge on any atom is 0.122 e. The van der Waals surface area contributed by atoms with Gasteiger partial charge in [0.1, 0.15) is 5.75 Å². The molecule has 0 saturated heterocycles. The van der Waals surface area contributed by atoms with Gasteiger partial charge in [-0.15, -0.1) is 0 Å². The van der Waals surface area contributed by atoms with Crippen LogP contribution in [0.4, 0.5) is 0 Å². The van der Waals surface area contributed by atoms with Gasteiger partial charge in [0.05, 0.1) is 7.11 Å². The first kappa shape index (κ1) is 16.1. The third kappa shape index (κ3) is 4.58. The molecule has 112 valence electrons. The molecule has 0 spiro atoms. The van der Waals surface area contributed by atoms with Crippen LogP contribution in [0.3, 0.4) is 0 Å². The lowest BCUT2D eigenvalue weighted by Gasteiger charge is -2.21. The summed E-state index contributed by atoms with van der Waals surface area (Å²) in [6, 6.07) is 17.4. The van der Waals surface area contributed by atoms with Gasteiger partial charge in [0.15, 0.2) is 0 Å². The van der Waals surface area contributed by atoms with Crippen LogP contribution < -0.4 is 10.1 Å². The zero-order valence-corrected chi connectivity index (χ0v) is 14.4. The standard InChI is InChI=1S/C18H22BrNO/c1-13(12-16-6-4-5-7-18(16)21-3)20-14(2)15-8-10-17(19)11-9-15/h4-11,13-14,20H,12H2,1-3H3. The minimum absolute atomic E-state index is 0.322. The smallest absolute Gasteiger partial charge is 0.122 e. The number of hydrogen-bond acceptors (Lipinski definition) is 2. The topological polar surface area (TPSA) is 21.3 Å². The monoisotopic (exact) mass is 347 g/mol. The number of hydrogen-bond donors (Lipinski definition) is 1. The van der Waals surface area contributed by atoms with Crippen LogP contribution in [0.15, 0.2) is 53.0 Å². The molecule has 0 amide bonds. The number of nitrogens with one attached hydrogen (secondary N) is 1. The van der Waals surface area contributed by atoms with Crippen LogP contribution in [0, 0.1) is 0 Å². The van der Waals surface area contributed by atoms with Crippen LogP contribution in [0.25, 0.3) is 0 Å². The predicted molar refractivity (Wildman–Crippen MR) is 91.9 cm³/mol. The second-order valence-corrected chi connectivity index (χ2v) is 6.27. The van der Waals surface area contributed by atoms with Gasteiger partial charge in [0, 0.05) is 16.6 Å². The van der Waals surface area contributed by atoms with E-state index in [-0.39, 0.29) is 0 Å². The van der Waals surface area contributed by atoms with Gasteiger partial charge in [-0.05, 0) is 49.6 Å². The van der Waals surface area contributed by atoms with Crippen LogP contribution in [0.5, 0.6) is 5.75 Å². The second-order valence-electron chi connectivity index (χ2n) is 5.36. The lowest BCUT2D eigenvalue weighted by atomic mass is 10.0. The van der Waals surface area contributed by atoms with Gasteiger partial charge >= 0.3 is 0 Å². The van der Waals surface area contributed by atoms with E-state index in [1.165, 1.54) is 11.1 Å². The molecule has 0 radical (unpaired) electrons. The van der Waals surface area contributed by atoms with Crippen molar-refractivity contribution in [1.29, 1.82) is 0 Å². The summed E-state index contributed by atoms with van der Waals surface area (Å²) in [5.41, 5.74) is 2.54. The summed E-state index contributed by atoms with van der Waals surface area (Å²) in [6.45, 7) is 4.41. The van der Waals surface area contributed by atoms with Crippen molar-refractivity contribution >= 4 is 15.9 Å². The second kappa shape index (κ2) is 7.62. The number of benzene rings is 2. The van der Waals surface area contributed by atoms with E-state index < -0.39 is 0 Å². The third-order valence-electron chi connectivity index (χ3n) is 3.62. The Kier molecular flexibility index (Phi) is 5.83. The van der Waals surface area contributed by atoms with E-state index in [1.54, 1.807) is 7.11 Å². The van der Waals surface area contributed by atoms with Gasteiger partial charge in [-0.25, -0.2) is 0 Å². The molecule has 2 aromatic carbocycles. The van der Waals surface area contributed by atoms with Crippen LogP contribution in [0.1, 0.15) is 31.0 Å². The highest BCUT2D eigenvalue weighted by molar-refractivity contribution is 9.10. The summed E-state index contributed by atoms with van der Waals surface area (Å²) in [5, 5.41) is 3.64. The molecule has 0 aliphatic carbocycles. The Hall–Kier alpha value is -1.32. The summed E-state index contributed by atoms with van der Waals surface area (Å²) in [7, 11) is 1.72. The van der Waals surface area contributed by atoms with Gasteiger partial charge in [0.25, 0.3) is 0 Å². The molecule has 2 aromatic rings. The normalized spacial score (nSPS) is 13.7. The number of rotatable bonds is 6. The van der Waals surface area contributed by atoms with E-state index in [1.807, 2.05) is 12.1 Å². The summed E-state index contributed by atoms with van der Waals surface area (Å²) in [6.07, 6.45) is 0.949. The van der Waals surface area contributed by atoms with Gasteiger partial charge in [-0.1, -0.05) is 46.3 Å².